The van der Waals surface area contributed by atoms with Crippen LogP contribution in [0.5, 0.6) is 5.75 Å². The molecule has 0 spiro atoms. The van der Waals surface area contributed by atoms with E-state index >= 15 is 0 Å². The molecule has 5 nitrogen and oxygen atoms in total. The van der Waals surface area contributed by atoms with Crippen molar-refractivity contribution >= 4 is 5.97 Å². The fourth-order valence-corrected chi connectivity index (χ4v) is 0.783. The van der Waals surface area contributed by atoms with Crippen molar-refractivity contribution in [2.24, 2.45) is 0 Å². The summed E-state index contributed by atoms with van der Waals surface area (Å²) < 4.78 is 5.91. The third-order valence-corrected chi connectivity index (χ3v) is 1.39. The van der Waals surface area contributed by atoms with Crippen LogP contribution in [0.2, 0.25) is 0 Å². The van der Waals surface area contributed by atoms with E-state index in [1.807, 2.05) is 0 Å². The summed E-state index contributed by atoms with van der Waals surface area (Å²) in [4.78, 5) is 10.7. The van der Waals surface area contributed by atoms with Gasteiger partial charge in [0.05, 0.1) is 32.5 Å². The number of methoxy groups -OCH3 is 1. The Kier molecular flexibility index (Phi) is 2.68. The van der Waals surface area contributed by atoms with Gasteiger partial charge in [0.25, 0.3) is 0 Å². The number of aromatic hydroxyl groups is 1. The third kappa shape index (κ3) is 2.26. The van der Waals surface area contributed by atoms with Gasteiger partial charge in [-0.25, -0.2) is 0 Å². The number of carbonyl (C=O) groups is 1. The second-order valence-electron chi connectivity index (χ2n) is 2.29. The van der Waals surface area contributed by atoms with Crippen LogP contribution in [0.3, 0.4) is 0 Å². The van der Waals surface area contributed by atoms with Gasteiger partial charge in [-0.2, -0.15) is 5.10 Å². The van der Waals surface area contributed by atoms with Gasteiger partial charge in [0, 0.05) is 0 Å². The minimum absolute atomic E-state index is 0.0971. The molecule has 1 N–H and O–H groups in total. The highest BCUT2D eigenvalue weighted by Gasteiger charge is 2.01. The normalized spacial score (nSPS) is 9.75. The number of rotatable bonds is 3. The van der Waals surface area contributed by atoms with Crippen molar-refractivity contribution in [2.75, 3.05) is 7.11 Å². The average molecular weight is 170 g/mol. The molecule has 0 radical (unpaired) electrons. The highest BCUT2D eigenvalue weighted by Crippen LogP contribution is 2.04. The fraction of sp³-hybridized carbons (Fsp3) is 0.429. The van der Waals surface area contributed by atoms with Crippen molar-refractivity contribution in [1.82, 2.24) is 9.78 Å². The molecule has 0 saturated heterocycles. The number of aromatic nitrogens is 2. The second-order valence-corrected chi connectivity index (χ2v) is 2.29. The molecular weight excluding hydrogens is 160 g/mol. The average Bonchev–Trinajstić information content (AvgIpc) is 2.47. The number of carbonyl (C=O) groups excluding carboxylic acids is 1. The largest absolute Gasteiger partial charge is 0.505 e. The SMILES string of the molecule is COC(=O)CCn1cc(O)cn1. The first-order valence-corrected chi connectivity index (χ1v) is 3.50. The lowest BCUT2D eigenvalue weighted by molar-refractivity contribution is -0.140. The van der Waals surface area contributed by atoms with E-state index in [-0.39, 0.29) is 18.1 Å². The summed E-state index contributed by atoms with van der Waals surface area (Å²) in [6, 6.07) is 0. The van der Waals surface area contributed by atoms with Crippen LogP contribution < -0.4 is 0 Å². The van der Waals surface area contributed by atoms with Crippen LogP contribution in [0.1, 0.15) is 6.42 Å². The number of esters is 1. The van der Waals surface area contributed by atoms with Crippen LogP contribution >= 0.6 is 0 Å². The topological polar surface area (TPSA) is 64.3 Å². The van der Waals surface area contributed by atoms with Gasteiger partial charge in [0.15, 0.2) is 5.75 Å². The van der Waals surface area contributed by atoms with E-state index in [9.17, 15) is 4.79 Å². The van der Waals surface area contributed by atoms with Crippen LogP contribution in [0.25, 0.3) is 0 Å². The van der Waals surface area contributed by atoms with Crippen molar-refractivity contribution in [3.8, 4) is 5.75 Å². The Morgan fingerprint density at radius 1 is 1.83 bits per heavy atom. The predicted octanol–water partition coefficient (Wildman–Crippen LogP) is 0.152. The number of hydrogen-bond acceptors (Lipinski definition) is 4. The van der Waals surface area contributed by atoms with Gasteiger partial charge in [-0.05, 0) is 0 Å². The van der Waals surface area contributed by atoms with E-state index in [4.69, 9.17) is 5.11 Å². The lowest BCUT2D eigenvalue weighted by Crippen LogP contribution is -2.06. The summed E-state index contributed by atoms with van der Waals surface area (Å²) in [5, 5.41) is 12.7. The molecule has 0 aliphatic heterocycles. The Labute approximate surface area is 69.6 Å². The maximum Gasteiger partial charge on any atom is 0.307 e. The van der Waals surface area contributed by atoms with E-state index in [0.717, 1.165) is 0 Å². The molecule has 0 aliphatic carbocycles. The van der Waals surface area contributed by atoms with Crippen LogP contribution in [0, 0.1) is 0 Å². The molecular formula is C7H10N2O3. The maximum atomic E-state index is 10.7. The number of aryl methyl sites for hydroxylation is 1. The molecule has 5 heteroatoms. The highest BCUT2D eigenvalue weighted by atomic mass is 16.5. The molecule has 12 heavy (non-hydrogen) atoms. The first-order valence-electron chi connectivity index (χ1n) is 3.50. The van der Waals surface area contributed by atoms with Gasteiger partial charge < -0.3 is 9.84 Å². The van der Waals surface area contributed by atoms with Crippen molar-refractivity contribution in [3.63, 3.8) is 0 Å². The molecule has 1 aromatic rings. The van der Waals surface area contributed by atoms with Gasteiger partial charge in [-0.15, -0.1) is 0 Å². The quantitative estimate of drug-likeness (QED) is 0.656. The van der Waals surface area contributed by atoms with Gasteiger partial charge in [-0.3, -0.25) is 9.48 Å². The van der Waals surface area contributed by atoms with Crippen LogP contribution in [0.4, 0.5) is 0 Å². The summed E-state index contributed by atoms with van der Waals surface area (Å²) in [6.07, 6.45) is 3.03. The minimum atomic E-state index is -0.287. The molecule has 0 atom stereocenters. The first-order chi connectivity index (χ1) is 5.72. The van der Waals surface area contributed by atoms with E-state index in [1.165, 1.54) is 24.2 Å². The zero-order valence-electron chi connectivity index (χ0n) is 6.73. The zero-order chi connectivity index (χ0) is 8.97. The Balaban J connectivity index is 2.38. The molecule has 0 bridgehead atoms. The maximum absolute atomic E-state index is 10.7. The van der Waals surface area contributed by atoms with E-state index < -0.39 is 0 Å². The molecule has 0 aromatic carbocycles. The van der Waals surface area contributed by atoms with Gasteiger partial charge in [0.2, 0.25) is 0 Å². The smallest absolute Gasteiger partial charge is 0.307 e. The summed E-state index contributed by atoms with van der Waals surface area (Å²) in [7, 11) is 1.34. The number of nitrogens with zero attached hydrogens (tertiary/aromatic N) is 2. The van der Waals surface area contributed by atoms with Crippen molar-refractivity contribution < 1.29 is 14.6 Å². The van der Waals surface area contributed by atoms with E-state index in [1.54, 1.807) is 0 Å². The lowest BCUT2D eigenvalue weighted by atomic mass is 10.4. The third-order valence-electron chi connectivity index (χ3n) is 1.39. The molecule has 1 aromatic heterocycles. The molecule has 1 rings (SSSR count). The summed E-state index contributed by atoms with van der Waals surface area (Å²) in [6.45, 7) is 0.424. The zero-order valence-corrected chi connectivity index (χ0v) is 6.73. The van der Waals surface area contributed by atoms with Gasteiger partial charge >= 0.3 is 5.97 Å². The lowest BCUT2D eigenvalue weighted by Gasteiger charge is -1.98. The second kappa shape index (κ2) is 3.75. The van der Waals surface area contributed by atoms with Crippen molar-refractivity contribution in [3.05, 3.63) is 12.4 Å². The minimum Gasteiger partial charge on any atom is -0.505 e. The molecule has 0 unspecified atom stereocenters. The molecule has 0 fully saturated rings. The standard InChI is InChI=1S/C7H10N2O3/c1-12-7(11)2-3-9-5-6(10)4-8-9/h4-5,10H,2-3H2,1H3. The Morgan fingerprint density at radius 2 is 2.58 bits per heavy atom. The number of ether oxygens (including phenoxy) is 1. The summed E-state index contributed by atoms with van der Waals surface area (Å²) in [5.74, 6) is -0.190. The van der Waals surface area contributed by atoms with Crippen molar-refractivity contribution in [1.29, 1.82) is 0 Å². The van der Waals surface area contributed by atoms with E-state index in [2.05, 4.69) is 9.84 Å². The molecule has 0 aliphatic rings. The monoisotopic (exact) mass is 170 g/mol. The molecule has 0 saturated carbocycles. The number of hydrogen-bond donors (Lipinski definition) is 1. The van der Waals surface area contributed by atoms with E-state index in [0.29, 0.717) is 6.54 Å². The van der Waals surface area contributed by atoms with Gasteiger partial charge in [0.1, 0.15) is 0 Å². The molecule has 66 valence electrons. The Hall–Kier alpha value is -1.52. The Bertz CT molecular complexity index is 269. The first kappa shape index (κ1) is 8.58. The van der Waals surface area contributed by atoms with Crippen LogP contribution in [-0.4, -0.2) is 28.0 Å². The highest BCUT2D eigenvalue weighted by molar-refractivity contribution is 5.68. The van der Waals surface area contributed by atoms with Crippen molar-refractivity contribution in [2.45, 2.75) is 13.0 Å². The predicted molar refractivity (Wildman–Crippen MR) is 40.5 cm³/mol. The molecule has 1 heterocycles. The fourth-order valence-electron chi connectivity index (χ4n) is 0.783. The van der Waals surface area contributed by atoms with Gasteiger partial charge in [-0.1, -0.05) is 0 Å². The van der Waals surface area contributed by atoms with Crippen LogP contribution in [0.15, 0.2) is 12.4 Å². The van der Waals surface area contributed by atoms with Crippen LogP contribution in [-0.2, 0) is 16.1 Å². The molecule has 0 amide bonds. The summed E-state index contributed by atoms with van der Waals surface area (Å²) in [5.41, 5.74) is 0. The summed E-state index contributed by atoms with van der Waals surface area (Å²) >= 11 is 0. The Morgan fingerprint density at radius 3 is 3.08 bits per heavy atom.